The highest BCUT2D eigenvalue weighted by molar-refractivity contribution is 5.90. The molecule has 1 aliphatic heterocycles. The minimum absolute atomic E-state index is 0.0476. The Balaban J connectivity index is 2.20. The second-order valence-corrected chi connectivity index (χ2v) is 4.52. The third-order valence-corrected chi connectivity index (χ3v) is 3.27. The number of anilines is 1. The van der Waals surface area contributed by atoms with Crippen molar-refractivity contribution in [1.29, 1.82) is 0 Å². The molecule has 1 fully saturated rings. The van der Waals surface area contributed by atoms with Gasteiger partial charge in [-0.3, -0.25) is 0 Å². The van der Waals surface area contributed by atoms with Gasteiger partial charge in [0.05, 0.1) is 13.1 Å². The minimum Gasteiger partial charge on any atom is -0.545 e. The molecule has 0 saturated carbocycles. The van der Waals surface area contributed by atoms with E-state index in [0.717, 1.165) is 0 Å². The normalized spacial score (nSPS) is 18.2. The molecule has 1 aromatic rings. The molecule has 0 unspecified atom stereocenters. The number of aromatic carboxylic acids is 1. The SMILES string of the molecule is COc1cc(N2CCC(F)(F)CC2)ccc1C(=O)[O-]. The molecule has 0 amide bonds. The van der Waals surface area contributed by atoms with Gasteiger partial charge >= 0.3 is 0 Å². The standard InChI is InChI=1S/C13H15F2NO3/c1-19-11-8-9(2-3-10(11)12(17)18)16-6-4-13(14,15)5-7-16/h2-3,8H,4-7H2,1H3,(H,17,18)/p-1. The molecular weight excluding hydrogens is 256 g/mol. The van der Waals surface area contributed by atoms with Crippen LogP contribution in [-0.2, 0) is 0 Å². The Morgan fingerprint density at radius 2 is 2.00 bits per heavy atom. The number of nitrogens with zero attached hydrogens (tertiary/aromatic N) is 1. The number of hydrogen-bond donors (Lipinski definition) is 0. The number of benzene rings is 1. The summed E-state index contributed by atoms with van der Waals surface area (Å²) in [4.78, 5) is 12.6. The highest BCUT2D eigenvalue weighted by Gasteiger charge is 2.34. The van der Waals surface area contributed by atoms with Crippen molar-refractivity contribution in [2.75, 3.05) is 25.1 Å². The maximum Gasteiger partial charge on any atom is 0.251 e. The van der Waals surface area contributed by atoms with Crippen LogP contribution in [0.4, 0.5) is 14.5 Å². The van der Waals surface area contributed by atoms with Gasteiger partial charge in [0.2, 0.25) is 0 Å². The zero-order valence-corrected chi connectivity index (χ0v) is 10.5. The van der Waals surface area contributed by atoms with Crippen LogP contribution < -0.4 is 14.7 Å². The molecule has 6 heteroatoms. The lowest BCUT2D eigenvalue weighted by atomic mass is 10.1. The molecule has 1 heterocycles. The number of alkyl halides is 2. The van der Waals surface area contributed by atoms with Crippen molar-refractivity contribution in [3.63, 3.8) is 0 Å². The maximum atomic E-state index is 13.1. The summed E-state index contributed by atoms with van der Waals surface area (Å²) in [5, 5.41) is 10.8. The highest BCUT2D eigenvalue weighted by Crippen LogP contribution is 2.32. The van der Waals surface area contributed by atoms with E-state index in [9.17, 15) is 18.7 Å². The topological polar surface area (TPSA) is 52.6 Å². The lowest BCUT2D eigenvalue weighted by Gasteiger charge is -2.33. The number of carbonyl (C=O) groups excluding carboxylic acids is 1. The first-order valence-electron chi connectivity index (χ1n) is 5.95. The summed E-state index contributed by atoms with van der Waals surface area (Å²) in [7, 11) is 1.36. The Labute approximate surface area is 109 Å². The predicted octanol–water partition coefficient (Wildman–Crippen LogP) is 1.29. The van der Waals surface area contributed by atoms with Crippen molar-refractivity contribution in [3.8, 4) is 5.75 Å². The van der Waals surface area contributed by atoms with E-state index in [-0.39, 0.29) is 37.2 Å². The number of halogens is 2. The van der Waals surface area contributed by atoms with E-state index < -0.39 is 11.9 Å². The third kappa shape index (κ3) is 2.94. The van der Waals surface area contributed by atoms with E-state index >= 15 is 0 Å². The molecule has 1 aliphatic rings. The Hall–Kier alpha value is -1.85. The van der Waals surface area contributed by atoms with Crippen molar-refractivity contribution in [3.05, 3.63) is 23.8 Å². The Morgan fingerprint density at radius 1 is 1.37 bits per heavy atom. The van der Waals surface area contributed by atoms with Crippen LogP contribution in [0.25, 0.3) is 0 Å². The molecule has 0 aliphatic carbocycles. The number of ether oxygens (including phenoxy) is 1. The first-order chi connectivity index (χ1) is 8.93. The zero-order chi connectivity index (χ0) is 14.0. The van der Waals surface area contributed by atoms with Crippen molar-refractivity contribution in [2.45, 2.75) is 18.8 Å². The smallest absolute Gasteiger partial charge is 0.251 e. The van der Waals surface area contributed by atoms with Gasteiger partial charge in [0.15, 0.2) is 0 Å². The fourth-order valence-corrected chi connectivity index (χ4v) is 2.14. The number of carboxylic acids is 1. The van der Waals surface area contributed by atoms with Crippen LogP contribution in [0.5, 0.6) is 5.75 Å². The van der Waals surface area contributed by atoms with Crippen LogP contribution in [0.1, 0.15) is 23.2 Å². The van der Waals surface area contributed by atoms with Gasteiger partial charge in [0, 0.05) is 43.2 Å². The summed E-state index contributed by atoms with van der Waals surface area (Å²) in [6.45, 7) is 0.474. The van der Waals surface area contributed by atoms with Crippen molar-refractivity contribution >= 4 is 11.7 Å². The largest absolute Gasteiger partial charge is 0.545 e. The molecule has 4 nitrogen and oxygen atoms in total. The summed E-state index contributed by atoms with van der Waals surface area (Å²) in [6, 6.07) is 4.49. The summed E-state index contributed by atoms with van der Waals surface area (Å²) in [5.74, 6) is -3.76. The van der Waals surface area contributed by atoms with Gasteiger partial charge < -0.3 is 19.5 Å². The summed E-state index contributed by atoms with van der Waals surface area (Å²) >= 11 is 0. The van der Waals surface area contributed by atoms with Gasteiger partial charge in [-0.1, -0.05) is 0 Å². The van der Waals surface area contributed by atoms with Crippen LogP contribution in [0.15, 0.2) is 18.2 Å². The molecule has 1 saturated heterocycles. The minimum atomic E-state index is -2.61. The quantitative estimate of drug-likeness (QED) is 0.830. The van der Waals surface area contributed by atoms with Gasteiger partial charge in [0.25, 0.3) is 5.92 Å². The van der Waals surface area contributed by atoms with Crippen LogP contribution in [0.3, 0.4) is 0 Å². The van der Waals surface area contributed by atoms with E-state index in [0.29, 0.717) is 5.69 Å². The molecule has 19 heavy (non-hydrogen) atoms. The molecule has 2 rings (SSSR count). The van der Waals surface area contributed by atoms with E-state index in [4.69, 9.17) is 4.74 Å². The molecule has 104 valence electrons. The Bertz CT molecular complexity index is 481. The lowest BCUT2D eigenvalue weighted by molar-refractivity contribution is -0.255. The molecule has 0 spiro atoms. The first kappa shape index (κ1) is 13.6. The number of hydrogen-bond acceptors (Lipinski definition) is 4. The number of piperidine rings is 1. The summed E-state index contributed by atoms with van der Waals surface area (Å²) in [6.07, 6.45) is -0.394. The van der Waals surface area contributed by atoms with Crippen molar-refractivity contribution in [2.24, 2.45) is 0 Å². The van der Waals surface area contributed by atoms with Crippen molar-refractivity contribution in [1.82, 2.24) is 0 Å². The number of rotatable bonds is 3. The highest BCUT2D eigenvalue weighted by atomic mass is 19.3. The molecule has 0 N–H and O–H groups in total. The van der Waals surface area contributed by atoms with Crippen LogP contribution in [-0.4, -0.2) is 32.1 Å². The zero-order valence-electron chi connectivity index (χ0n) is 10.5. The Kier molecular flexibility index (Phi) is 3.59. The van der Waals surface area contributed by atoms with Crippen LogP contribution in [0.2, 0.25) is 0 Å². The average molecular weight is 270 g/mol. The van der Waals surface area contributed by atoms with E-state index in [1.807, 2.05) is 0 Å². The van der Waals surface area contributed by atoms with E-state index in [1.54, 1.807) is 11.0 Å². The number of methoxy groups -OCH3 is 1. The molecule has 0 aromatic heterocycles. The maximum absolute atomic E-state index is 13.1. The lowest BCUT2D eigenvalue weighted by Crippen LogP contribution is -2.39. The van der Waals surface area contributed by atoms with Crippen molar-refractivity contribution < 1.29 is 23.4 Å². The van der Waals surface area contributed by atoms with Gasteiger partial charge in [0.1, 0.15) is 5.75 Å². The fraction of sp³-hybridized carbons (Fsp3) is 0.462. The van der Waals surface area contributed by atoms with Gasteiger partial charge in [-0.2, -0.15) is 0 Å². The van der Waals surface area contributed by atoms with E-state index in [2.05, 4.69) is 0 Å². The van der Waals surface area contributed by atoms with Crippen LogP contribution in [0, 0.1) is 0 Å². The number of carbonyl (C=O) groups is 1. The molecular formula is C13H14F2NO3-. The molecule has 0 bridgehead atoms. The third-order valence-electron chi connectivity index (χ3n) is 3.27. The predicted molar refractivity (Wildman–Crippen MR) is 63.7 cm³/mol. The van der Waals surface area contributed by atoms with Gasteiger partial charge in [-0.25, -0.2) is 8.78 Å². The summed E-state index contributed by atoms with van der Waals surface area (Å²) < 4.78 is 31.1. The van der Waals surface area contributed by atoms with E-state index in [1.165, 1.54) is 19.2 Å². The van der Waals surface area contributed by atoms with Gasteiger partial charge in [-0.15, -0.1) is 0 Å². The first-order valence-corrected chi connectivity index (χ1v) is 5.95. The average Bonchev–Trinajstić information content (AvgIpc) is 2.37. The summed E-state index contributed by atoms with van der Waals surface area (Å²) in [5.41, 5.74) is 0.630. The number of carboxylic acid groups (broad SMARTS) is 1. The van der Waals surface area contributed by atoms with Gasteiger partial charge in [-0.05, 0) is 12.1 Å². The second-order valence-electron chi connectivity index (χ2n) is 4.52. The fourth-order valence-electron chi connectivity index (χ4n) is 2.14. The van der Waals surface area contributed by atoms with Crippen LogP contribution >= 0.6 is 0 Å². The monoisotopic (exact) mass is 270 g/mol. The molecule has 0 atom stereocenters. The second kappa shape index (κ2) is 5.03. The molecule has 0 radical (unpaired) electrons. The Morgan fingerprint density at radius 3 is 2.53 bits per heavy atom. The molecule has 1 aromatic carbocycles.